The zero-order valence-corrected chi connectivity index (χ0v) is 11.6. The van der Waals surface area contributed by atoms with Crippen molar-refractivity contribution in [1.29, 1.82) is 0 Å². The summed E-state index contributed by atoms with van der Waals surface area (Å²) in [5.74, 6) is 0.537. The van der Waals surface area contributed by atoms with Crippen LogP contribution in [0.4, 0.5) is 0 Å². The molecule has 0 spiro atoms. The molecule has 2 N–H and O–H groups in total. The van der Waals surface area contributed by atoms with E-state index in [2.05, 4.69) is 20.1 Å². The predicted octanol–water partition coefficient (Wildman–Crippen LogP) is -0.0328. The van der Waals surface area contributed by atoms with Gasteiger partial charge in [-0.3, -0.25) is 19.0 Å². The van der Waals surface area contributed by atoms with Crippen LogP contribution in [0, 0.1) is 13.8 Å². The lowest BCUT2D eigenvalue weighted by Crippen LogP contribution is -2.28. The van der Waals surface area contributed by atoms with Crippen LogP contribution in [-0.4, -0.2) is 29.3 Å². The molecule has 0 radical (unpaired) electrons. The normalized spacial score (nSPS) is 11.4. The molecule has 0 fully saturated rings. The molecule has 3 aromatic heterocycles. The fourth-order valence-electron chi connectivity index (χ4n) is 2.34. The molecule has 0 atom stereocenters. The highest BCUT2D eigenvalue weighted by Gasteiger charge is 2.17. The number of nitrogens with one attached hydrogen (secondary N) is 2. The van der Waals surface area contributed by atoms with E-state index >= 15 is 0 Å². The Kier molecular flexibility index (Phi) is 2.43. The number of fused-ring (bicyclic) bond motifs is 1. The van der Waals surface area contributed by atoms with E-state index in [0.717, 1.165) is 17.0 Å². The van der Waals surface area contributed by atoms with Crippen molar-refractivity contribution in [3.63, 3.8) is 0 Å². The maximum absolute atomic E-state index is 11.8. The van der Waals surface area contributed by atoms with Gasteiger partial charge in [0.15, 0.2) is 5.65 Å². The Labute approximate surface area is 113 Å². The topological polar surface area (TPSA) is 101 Å². The maximum atomic E-state index is 11.8. The lowest BCUT2D eigenvalue weighted by atomic mass is 10.2. The first-order chi connectivity index (χ1) is 9.40. The van der Waals surface area contributed by atoms with Crippen LogP contribution in [0.1, 0.15) is 11.4 Å². The highest BCUT2D eigenvalue weighted by Crippen LogP contribution is 2.24. The van der Waals surface area contributed by atoms with E-state index in [-0.39, 0.29) is 5.52 Å². The molecule has 0 aliphatic carbocycles. The summed E-state index contributed by atoms with van der Waals surface area (Å²) in [6, 6.07) is 0. The van der Waals surface area contributed by atoms with E-state index in [1.165, 1.54) is 4.57 Å². The molecular formula is C12H14N6O2. The van der Waals surface area contributed by atoms with Crippen LogP contribution in [0.25, 0.3) is 22.6 Å². The lowest BCUT2D eigenvalue weighted by molar-refractivity contribution is 0.731. The number of nitrogens with zero attached hydrogens (tertiary/aromatic N) is 4. The van der Waals surface area contributed by atoms with Gasteiger partial charge in [0.05, 0.1) is 11.3 Å². The number of aromatic nitrogens is 6. The Hall–Kier alpha value is -2.64. The van der Waals surface area contributed by atoms with Gasteiger partial charge >= 0.3 is 5.69 Å². The molecule has 0 saturated heterocycles. The second-order valence-electron chi connectivity index (χ2n) is 4.77. The summed E-state index contributed by atoms with van der Waals surface area (Å²) in [4.78, 5) is 33.0. The Balaban J connectivity index is 2.40. The molecule has 3 rings (SSSR count). The summed E-state index contributed by atoms with van der Waals surface area (Å²) >= 11 is 0. The monoisotopic (exact) mass is 274 g/mol. The zero-order valence-electron chi connectivity index (χ0n) is 11.6. The number of aryl methyl sites for hydroxylation is 3. The zero-order chi connectivity index (χ0) is 14.6. The van der Waals surface area contributed by atoms with E-state index < -0.39 is 11.2 Å². The van der Waals surface area contributed by atoms with E-state index in [1.54, 1.807) is 11.7 Å². The molecule has 0 bridgehead atoms. The molecule has 0 aromatic carbocycles. The first-order valence-corrected chi connectivity index (χ1v) is 6.09. The van der Waals surface area contributed by atoms with Crippen LogP contribution in [-0.2, 0) is 14.1 Å². The molecule has 104 valence electrons. The van der Waals surface area contributed by atoms with Crippen molar-refractivity contribution in [2.24, 2.45) is 14.1 Å². The summed E-state index contributed by atoms with van der Waals surface area (Å²) in [7, 11) is 3.41. The minimum Gasteiger partial charge on any atom is -0.332 e. The summed E-state index contributed by atoms with van der Waals surface area (Å²) in [5, 5.41) is 4.32. The molecule has 8 heteroatoms. The van der Waals surface area contributed by atoms with Gasteiger partial charge in [0, 0.05) is 19.8 Å². The van der Waals surface area contributed by atoms with Crippen LogP contribution in [0.5, 0.6) is 0 Å². The van der Waals surface area contributed by atoms with Crippen LogP contribution >= 0.6 is 0 Å². The first kappa shape index (κ1) is 12.4. The van der Waals surface area contributed by atoms with Crippen LogP contribution in [0.2, 0.25) is 0 Å². The van der Waals surface area contributed by atoms with Crippen molar-refractivity contribution < 1.29 is 0 Å². The number of hydrogen-bond donors (Lipinski definition) is 2. The van der Waals surface area contributed by atoms with Crippen LogP contribution < -0.4 is 11.2 Å². The second-order valence-corrected chi connectivity index (χ2v) is 4.77. The highest BCUT2D eigenvalue weighted by molar-refractivity contribution is 5.76. The van der Waals surface area contributed by atoms with E-state index in [1.807, 2.05) is 20.9 Å². The number of H-pyrrole nitrogens is 2. The maximum Gasteiger partial charge on any atom is 0.329 e. The molecule has 20 heavy (non-hydrogen) atoms. The Morgan fingerprint density at radius 3 is 2.40 bits per heavy atom. The van der Waals surface area contributed by atoms with Crippen molar-refractivity contribution >= 4 is 11.2 Å². The fourth-order valence-corrected chi connectivity index (χ4v) is 2.34. The second kappa shape index (κ2) is 3.92. The molecule has 0 aliphatic rings. The van der Waals surface area contributed by atoms with Crippen molar-refractivity contribution in [2.75, 3.05) is 0 Å². The number of hydrogen-bond acceptors (Lipinski definition) is 4. The molecule has 0 saturated carbocycles. The summed E-state index contributed by atoms with van der Waals surface area (Å²) in [5.41, 5.74) is 2.24. The van der Waals surface area contributed by atoms with Gasteiger partial charge in [-0.05, 0) is 13.8 Å². The lowest BCUT2D eigenvalue weighted by Gasteiger charge is -1.96. The summed E-state index contributed by atoms with van der Waals surface area (Å²) in [6.45, 7) is 3.80. The van der Waals surface area contributed by atoms with Crippen molar-refractivity contribution in [3.8, 4) is 11.4 Å². The van der Waals surface area contributed by atoms with Crippen molar-refractivity contribution in [1.82, 2.24) is 29.3 Å². The van der Waals surface area contributed by atoms with Gasteiger partial charge in [0.1, 0.15) is 11.3 Å². The third-order valence-electron chi connectivity index (χ3n) is 3.50. The van der Waals surface area contributed by atoms with E-state index in [0.29, 0.717) is 11.5 Å². The van der Waals surface area contributed by atoms with Crippen molar-refractivity contribution in [2.45, 2.75) is 13.8 Å². The molecular weight excluding hydrogens is 260 g/mol. The average molecular weight is 274 g/mol. The average Bonchev–Trinajstić information content (AvgIpc) is 2.90. The van der Waals surface area contributed by atoms with E-state index in [9.17, 15) is 9.59 Å². The Bertz CT molecular complexity index is 939. The SMILES string of the molecule is Cc1nn(C)c(C)c1-c1nc2c([nH]1)c(=O)[nH]c(=O)n2C. The molecule has 3 heterocycles. The minimum absolute atomic E-state index is 0.282. The molecule has 0 unspecified atom stereocenters. The standard InChI is InChI=1S/C12H14N6O2/c1-5-7(6(2)18(4)16-5)9-13-8-10(14-9)17(3)12(20)15-11(8)19/h1-4H3,(H,13,14)(H,15,19,20). The van der Waals surface area contributed by atoms with Gasteiger partial charge < -0.3 is 4.98 Å². The quantitative estimate of drug-likeness (QED) is 0.650. The number of aromatic amines is 2. The van der Waals surface area contributed by atoms with Crippen LogP contribution in [0.3, 0.4) is 0 Å². The predicted molar refractivity (Wildman–Crippen MR) is 73.6 cm³/mol. The molecule has 8 nitrogen and oxygen atoms in total. The van der Waals surface area contributed by atoms with Gasteiger partial charge in [-0.2, -0.15) is 5.10 Å². The Morgan fingerprint density at radius 1 is 1.10 bits per heavy atom. The number of imidazole rings is 1. The van der Waals surface area contributed by atoms with Crippen LogP contribution in [0.15, 0.2) is 9.59 Å². The third-order valence-corrected chi connectivity index (χ3v) is 3.50. The van der Waals surface area contributed by atoms with E-state index in [4.69, 9.17) is 0 Å². The summed E-state index contributed by atoms with van der Waals surface area (Å²) in [6.07, 6.45) is 0. The number of rotatable bonds is 1. The Morgan fingerprint density at radius 2 is 1.80 bits per heavy atom. The van der Waals surface area contributed by atoms with Gasteiger partial charge in [-0.25, -0.2) is 9.78 Å². The fraction of sp³-hybridized carbons (Fsp3) is 0.333. The van der Waals surface area contributed by atoms with Gasteiger partial charge in [-0.15, -0.1) is 0 Å². The molecule has 3 aromatic rings. The van der Waals surface area contributed by atoms with Gasteiger partial charge in [-0.1, -0.05) is 0 Å². The van der Waals surface area contributed by atoms with Gasteiger partial charge in [0.25, 0.3) is 5.56 Å². The van der Waals surface area contributed by atoms with Crippen molar-refractivity contribution in [3.05, 3.63) is 32.2 Å². The smallest absolute Gasteiger partial charge is 0.329 e. The summed E-state index contributed by atoms with van der Waals surface area (Å²) < 4.78 is 3.05. The minimum atomic E-state index is -0.486. The largest absolute Gasteiger partial charge is 0.332 e. The third kappa shape index (κ3) is 1.54. The first-order valence-electron chi connectivity index (χ1n) is 6.09. The molecule has 0 aliphatic heterocycles. The molecule has 0 amide bonds. The van der Waals surface area contributed by atoms with Gasteiger partial charge in [0.2, 0.25) is 0 Å². The highest BCUT2D eigenvalue weighted by atomic mass is 16.2.